The van der Waals surface area contributed by atoms with Gasteiger partial charge < -0.3 is 19.5 Å². The second-order valence-corrected chi connectivity index (χ2v) is 6.82. The molecule has 0 bridgehead atoms. The third kappa shape index (κ3) is 4.59. The predicted molar refractivity (Wildman–Crippen MR) is 95.0 cm³/mol. The van der Waals surface area contributed by atoms with Crippen LogP contribution in [0.3, 0.4) is 0 Å². The van der Waals surface area contributed by atoms with E-state index in [9.17, 15) is 14.9 Å². The van der Waals surface area contributed by atoms with E-state index < -0.39 is 16.6 Å². The van der Waals surface area contributed by atoms with Crippen molar-refractivity contribution < 1.29 is 14.5 Å². The van der Waals surface area contributed by atoms with Crippen LogP contribution in [0.2, 0.25) is 0 Å². The van der Waals surface area contributed by atoms with Crippen molar-refractivity contribution >= 4 is 28.8 Å². The van der Waals surface area contributed by atoms with Crippen molar-refractivity contribution in [3.8, 4) is 0 Å². The number of amides is 1. The zero-order valence-corrected chi connectivity index (χ0v) is 15.1. The number of benzene rings is 1. The van der Waals surface area contributed by atoms with Crippen molar-refractivity contribution in [3.05, 3.63) is 28.3 Å². The standard InChI is InChI=1S/C16H23N5O4/c1-16(2,3)25-15(22)17-8-9-20-13-7-6-11(21(23)24)10-12(13)18-14(20)19(4)5/h6-7,10H,8-9H2,1-5H3,(H,17,22). The fourth-order valence-corrected chi connectivity index (χ4v) is 2.36. The number of nitro groups is 1. The molecule has 0 atom stereocenters. The molecule has 1 aromatic heterocycles. The molecular weight excluding hydrogens is 326 g/mol. The number of carbonyl (C=O) groups is 1. The molecule has 2 rings (SSSR count). The fourth-order valence-electron chi connectivity index (χ4n) is 2.36. The van der Waals surface area contributed by atoms with Gasteiger partial charge >= 0.3 is 6.09 Å². The summed E-state index contributed by atoms with van der Waals surface area (Å²) in [6, 6.07) is 4.56. The van der Waals surface area contributed by atoms with Crippen LogP contribution in [-0.4, -0.2) is 46.8 Å². The number of aromatic nitrogens is 2. The van der Waals surface area contributed by atoms with Crippen molar-refractivity contribution in [1.82, 2.24) is 14.9 Å². The van der Waals surface area contributed by atoms with Gasteiger partial charge in [0.1, 0.15) is 5.60 Å². The highest BCUT2D eigenvalue weighted by atomic mass is 16.6. The largest absolute Gasteiger partial charge is 0.444 e. The number of hydrogen-bond acceptors (Lipinski definition) is 6. The van der Waals surface area contributed by atoms with Crippen LogP contribution in [0, 0.1) is 10.1 Å². The third-order valence-electron chi connectivity index (χ3n) is 3.33. The van der Waals surface area contributed by atoms with E-state index >= 15 is 0 Å². The van der Waals surface area contributed by atoms with Crippen LogP contribution in [0.4, 0.5) is 16.4 Å². The zero-order chi connectivity index (χ0) is 18.8. The number of anilines is 1. The maximum absolute atomic E-state index is 11.7. The minimum absolute atomic E-state index is 0.00524. The highest BCUT2D eigenvalue weighted by Gasteiger charge is 2.18. The lowest BCUT2D eigenvalue weighted by Gasteiger charge is -2.20. The Bertz CT molecular complexity index is 792. The molecule has 25 heavy (non-hydrogen) atoms. The molecule has 0 saturated carbocycles. The van der Waals surface area contributed by atoms with Gasteiger partial charge in [-0.15, -0.1) is 0 Å². The van der Waals surface area contributed by atoms with E-state index in [0.717, 1.165) is 5.52 Å². The number of nitrogens with zero attached hydrogens (tertiary/aromatic N) is 4. The molecule has 0 saturated heterocycles. The number of carbonyl (C=O) groups excluding carboxylic acids is 1. The molecule has 0 aliphatic rings. The molecule has 1 heterocycles. The summed E-state index contributed by atoms with van der Waals surface area (Å²) in [4.78, 5) is 28.5. The van der Waals surface area contributed by atoms with Gasteiger partial charge in [-0.3, -0.25) is 10.1 Å². The number of fused-ring (bicyclic) bond motifs is 1. The molecule has 9 nitrogen and oxygen atoms in total. The first-order chi connectivity index (χ1) is 11.6. The molecule has 1 N–H and O–H groups in total. The molecule has 0 fully saturated rings. The van der Waals surface area contributed by atoms with Gasteiger partial charge in [0.05, 0.1) is 16.0 Å². The minimum Gasteiger partial charge on any atom is -0.444 e. The molecule has 9 heteroatoms. The van der Waals surface area contributed by atoms with E-state index in [0.29, 0.717) is 24.6 Å². The number of ether oxygens (including phenoxy) is 1. The Kier molecular flexibility index (Phi) is 5.15. The second-order valence-electron chi connectivity index (χ2n) is 6.82. The number of nitrogens with one attached hydrogen (secondary N) is 1. The molecule has 0 radical (unpaired) electrons. The van der Waals surface area contributed by atoms with Gasteiger partial charge in [-0.2, -0.15) is 0 Å². The summed E-state index contributed by atoms with van der Waals surface area (Å²) in [7, 11) is 3.68. The first-order valence-electron chi connectivity index (χ1n) is 7.87. The molecule has 0 unspecified atom stereocenters. The van der Waals surface area contributed by atoms with Gasteiger partial charge in [0.15, 0.2) is 0 Å². The third-order valence-corrected chi connectivity index (χ3v) is 3.33. The molecule has 2 aromatic rings. The van der Waals surface area contributed by atoms with Crippen LogP contribution < -0.4 is 10.2 Å². The summed E-state index contributed by atoms with van der Waals surface area (Å²) in [6.45, 7) is 6.20. The van der Waals surface area contributed by atoms with E-state index in [4.69, 9.17) is 4.74 Å². The van der Waals surface area contributed by atoms with Gasteiger partial charge in [0.25, 0.3) is 5.69 Å². The Balaban J connectivity index is 2.20. The summed E-state index contributed by atoms with van der Waals surface area (Å²) in [5, 5.41) is 13.6. The summed E-state index contributed by atoms with van der Waals surface area (Å²) >= 11 is 0. The van der Waals surface area contributed by atoms with Crippen LogP contribution in [0.5, 0.6) is 0 Å². The molecular formula is C16H23N5O4. The number of alkyl carbamates (subject to hydrolysis) is 1. The fraction of sp³-hybridized carbons (Fsp3) is 0.500. The van der Waals surface area contributed by atoms with Crippen molar-refractivity contribution in [2.24, 2.45) is 0 Å². The van der Waals surface area contributed by atoms with E-state index in [-0.39, 0.29) is 5.69 Å². The minimum atomic E-state index is -0.556. The second kappa shape index (κ2) is 6.96. The molecule has 0 aliphatic heterocycles. The first-order valence-corrected chi connectivity index (χ1v) is 7.87. The van der Waals surface area contributed by atoms with Crippen LogP contribution in [-0.2, 0) is 11.3 Å². The molecule has 136 valence electrons. The van der Waals surface area contributed by atoms with Gasteiger partial charge in [0.2, 0.25) is 5.95 Å². The van der Waals surface area contributed by atoms with E-state index in [2.05, 4.69) is 10.3 Å². The van der Waals surface area contributed by atoms with Gasteiger partial charge in [-0.05, 0) is 26.8 Å². The maximum atomic E-state index is 11.7. The number of nitro benzene ring substituents is 1. The van der Waals surface area contributed by atoms with Crippen molar-refractivity contribution in [2.75, 3.05) is 25.5 Å². The maximum Gasteiger partial charge on any atom is 0.407 e. The predicted octanol–water partition coefficient (Wildman–Crippen LogP) is 2.54. The normalized spacial score (nSPS) is 11.4. The van der Waals surface area contributed by atoms with E-state index in [1.807, 2.05) is 23.6 Å². The summed E-state index contributed by atoms with van der Waals surface area (Å²) < 4.78 is 7.10. The van der Waals surface area contributed by atoms with Crippen molar-refractivity contribution in [1.29, 1.82) is 0 Å². The number of rotatable bonds is 5. The average Bonchev–Trinajstić information content (AvgIpc) is 2.83. The van der Waals surface area contributed by atoms with Gasteiger partial charge in [-0.1, -0.05) is 0 Å². The lowest BCUT2D eigenvalue weighted by molar-refractivity contribution is -0.384. The number of hydrogen-bond donors (Lipinski definition) is 1. The Morgan fingerprint density at radius 3 is 2.64 bits per heavy atom. The first kappa shape index (κ1) is 18.5. The highest BCUT2D eigenvalue weighted by molar-refractivity contribution is 5.81. The van der Waals surface area contributed by atoms with Gasteiger partial charge in [-0.25, -0.2) is 9.78 Å². The molecule has 0 spiro atoms. The molecule has 1 amide bonds. The summed E-state index contributed by atoms with van der Waals surface area (Å²) in [6.07, 6.45) is -0.487. The summed E-state index contributed by atoms with van der Waals surface area (Å²) in [5.74, 6) is 0.654. The molecule has 1 aromatic carbocycles. The van der Waals surface area contributed by atoms with Crippen LogP contribution >= 0.6 is 0 Å². The number of non-ortho nitro benzene ring substituents is 1. The Morgan fingerprint density at radius 2 is 2.08 bits per heavy atom. The van der Waals surface area contributed by atoms with Crippen LogP contribution in [0.25, 0.3) is 11.0 Å². The zero-order valence-electron chi connectivity index (χ0n) is 15.1. The van der Waals surface area contributed by atoms with Gasteiger partial charge in [0, 0.05) is 39.3 Å². The summed E-state index contributed by atoms with van der Waals surface area (Å²) in [5.41, 5.74) is 0.740. The highest BCUT2D eigenvalue weighted by Crippen LogP contribution is 2.25. The smallest absolute Gasteiger partial charge is 0.407 e. The quantitative estimate of drug-likeness (QED) is 0.657. The topological polar surface area (TPSA) is 103 Å². The van der Waals surface area contributed by atoms with Crippen molar-refractivity contribution in [3.63, 3.8) is 0 Å². The SMILES string of the molecule is CN(C)c1nc2cc([N+](=O)[O-])ccc2n1CCNC(=O)OC(C)(C)C. The van der Waals surface area contributed by atoms with E-state index in [1.54, 1.807) is 26.8 Å². The molecule has 0 aliphatic carbocycles. The van der Waals surface area contributed by atoms with Crippen LogP contribution in [0.1, 0.15) is 20.8 Å². The monoisotopic (exact) mass is 349 g/mol. The Hall–Kier alpha value is -2.84. The average molecular weight is 349 g/mol. The Labute approximate surface area is 145 Å². The lowest BCUT2D eigenvalue weighted by atomic mass is 10.2. The Morgan fingerprint density at radius 1 is 1.40 bits per heavy atom. The van der Waals surface area contributed by atoms with E-state index in [1.165, 1.54) is 12.1 Å². The number of imidazole rings is 1. The van der Waals surface area contributed by atoms with Crippen LogP contribution in [0.15, 0.2) is 18.2 Å². The van der Waals surface area contributed by atoms with Crippen molar-refractivity contribution in [2.45, 2.75) is 32.9 Å². The lowest BCUT2D eigenvalue weighted by Crippen LogP contribution is -2.34.